The number of carbonyl (C=O) groups excluding carboxylic acids is 2. The molecule has 1 aliphatic heterocycles. The largest absolute Gasteiger partial charge is 0.342 e. The minimum absolute atomic E-state index is 0.0472. The third-order valence-corrected chi connectivity index (χ3v) is 3.50. The number of nitrogens with zero attached hydrogens (tertiary/aromatic N) is 1. The lowest BCUT2D eigenvalue weighted by atomic mass is 10.1. The van der Waals surface area contributed by atoms with Gasteiger partial charge in [0.1, 0.15) is 11.6 Å². The van der Waals surface area contributed by atoms with E-state index < -0.39 is 17.6 Å². The number of anilines is 1. The zero-order chi connectivity index (χ0) is 15.4. The molecule has 1 atom stereocenters. The van der Waals surface area contributed by atoms with Crippen LogP contribution in [0.25, 0.3) is 0 Å². The topological polar surface area (TPSA) is 49.4 Å². The van der Waals surface area contributed by atoms with Crippen molar-refractivity contribution in [1.29, 1.82) is 0 Å². The fourth-order valence-corrected chi connectivity index (χ4v) is 2.38. The molecule has 0 aliphatic carbocycles. The molecule has 2 rings (SSSR count). The zero-order valence-corrected chi connectivity index (χ0v) is 11.9. The standard InChI is InChI=1S/C15H18F2N2O2/c1-2-3-4-19-9-10(5-14(19)20)15(21)18-13-7-11(16)6-12(17)8-13/h6-8,10H,2-5,9H2,1H3,(H,18,21)/t10-/m0/s1. The number of amides is 2. The molecule has 0 spiro atoms. The van der Waals surface area contributed by atoms with Gasteiger partial charge in [0.15, 0.2) is 0 Å². The lowest BCUT2D eigenvalue weighted by Crippen LogP contribution is -2.29. The average molecular weight is 296 g/mol. The van der Waals surface area contributed by atoms with Gasteiger partial charge in [-0.15, -0.1) is 0 Å². The van der Waals surface area contributed by atoms with Crippen molar-refractivity contribution in [3.8, 4) is 0 Å². The van der Waals surface area contributed by atoms with Crippen LogP contribution in [0.1, 0.15) is 26.2 Å². The number of hydrogen-bond acceptors (Lipinski definition) is 2. The van der Waals surface area contributed by atoms with Crippen LogP contribution < -0.4 is 5.32 Å². The van der Waals surface area contributed by atoms with Crippen molar-refractivity contribution < 1.29 is 18.4 Å². The molecule has 1 saturated heterocycles. The first-order chi connectivity index (χ1) is 9.99. The molecule has 1 aromatic rings. The lowest BCUT2D eigenvalue weighted by Gasteiger charge is -2.16. The van der Waals surface area contributed by atoms with Gasteiger partial charge in [-0.1, -0.05) is 13.3 Å². The zero-order valence-electron chi connectivity index (χ0n) is 11.9. The third-order valence-electron chi connectivity index (χ3n) is 3.50. The molecule has 1 aromatic carbocycles. The average Bonchev–Trinajstić information content (AvgIpc) is 2.76. The highest BCUT2D eigenvalue weighted by molar-refractivity contribution is 5.97. The number of carbonyl (C=O) groups is 2. The minimum atomic E-state index is -0.752. The first-order valence-electron chi connectivity index (χ1n) is 7.04. The fraction of sp³-hybridized carbons (Fsp3) is 0.467. The SMILES string of the molecule is CCCCN1C[C@@H](C(=O)Nc2cc(F)cc(F)c2)CC1=O. The predicted octanol–water partition coefficient (Wildman–Crippen LogP) is 2.55. The van der Waals surface area contributed by atoms with Gasteiger partial charge >= 0.3 is 0 Å². The first-order valence-corrected chi connectivity index (χ1v) is 7.04. The summed E-state index contributed by atoms with van der Waals surface area (Å²) in [5, 5.41) is 2.46. The fourth-order valence-electron chi connectivity index (χ4n) is 2.38. The van der Waals surface area contributed by atoms with Crippen LogP contribution in [0.3, 0.4) is 0 Å². The minimum Gasteiger partial charge on any atom is -0.342 e. The molecule has 1 aliphatic rings. The Balaban J connectivity index is 1.96. The number of halogens is 2. The summed E-state index contributed by atoms with van der Waals surface area (Å²) in [4.78, 5) is 25.5. The number of nitrogens with one attached hydrogen (secondary N) is 1. The summed E-state index contributed by atoms with van der Waals surface area (Å²) in [6.07, 6.45) is 2.02. The Kier molecular flexibility index (Phi) is 4.88. The van der Waals surface area contributed by atoms with Crippen LogP contribution in [0.4, 0.5) is 14.5 Å². The van der Waals surface area contributed by atoms with E-state index >= 15 is 0 Å². The summed E-state index contributed by atoms with van der Waals surface area (Å²) in [7, 11) is 0. The van der Waals surface area contributed by atoms with E-state index in [0.29, 0.717) is 13.1 Å². The number of hydrogen-bond donors (Lipinski definition) is 1. The molecular weight excluding hydrogens is 278 g/mol. The molecule has 4 nitrogen and oxygen atoms in total. The summed E-state index contributed by atoms with van der Waals surface area (Å²) >= 11 is 0. The maximum Gasteiger partial charge on any atom is 0.229 e. The monoisotopic (exact) mass is 296 g/mol. The van der Waals surface area contributed by atoms with Crippen molar-refractivity contribution in [2.45, 2.75) is 26.2 Å². The smallest absolute Gasteiger partial charge is 0.229 e. The van der Waals surface area contributed by atoms with Crippen molar-refractivity contribution in [2.24, 2.45) is 5.92 Å². The molecule has 6 heteroatoms. The van der Waals surface area contributed by atoms with Gasteiger partial charge in [-0.05, 0) is 18.6 Å². The maximum absolute atomic E-state index is 13.1. The van der Waals surface area contributed by atoms with Crippen molar-refractivity contribution in [2.75, 3.05) is 18.4 Å². The van der Waals surface area contributed by atoms with Crippen molar-refractivity contribution in [1.82, 2.24) is 4.90 Å². The van der Waals surface area contributed by atoms with Crippen molar-refractivity contribution in [3.05, 3.63) is 29.8 Å². The van der Waals surface area contributed by atoms with Gasteiger partial charge in [-0.25, -0.2) is 8.78 Å². The molecule has 0 unspecified atom stereocenters. The van der Waals surface area contributed by atoms with Gasteiger partial charge in [-0.3, -0.25) is 9.59 Å². The van der Waals surface area contributed by atoms with Gasteiger partial charge in [0.2, 0.25) is 11.8 Å². The van der Waals surface area contributed by atoms with Crippen LogP contribution in [0, 0.1) is 17.6 Å². The molecule has 0 bridgehead atoms. The Morgan fingerprint density at radius 2 is 2.00 bits per heavy atom. The van der Waals surface area contributed by atoms with E-state index in [1.54, 1.807) is 4.90 Å². The molecule has 1 N–H and O–H groups in total. The Morgan fingerprint density at radius 1 is 1.33 bits per heavy atom. The van der Waals surface area contributed by atoms with Gasteiger partial charge < -0.3 is 10.2 Å². The Labute approximate surface area is 122 Å². The second-order valence-corrected chi connectivity index (χ2v) is 5.24. The highest BCUT2D eigenvalue weighted by atomic mass is 19.1. The van der Waals surface area contributed by atoms with Crippen LogP contribution in [0.2, 0.25) is 0 Å². The Hall–Kier alpha value is -1.98. The predicted molar refractivity (Wildman–Crippen MR) is 74.6 cm³/mol. The van der Waals surface area contributed by atoms with E-state index in [2.05, 4.69) is 5.32 Å². The van der Waals surface area contributed by atoms with Crippen molar-refractivity contribution in [3.63, 3.8) is 0 Å². The third kappa shape index (κ3) is 4.00. The van der Waals surface area contributed by atoms with Crippen molar-refractivity contribution >= 4 is 17.5 Å². The number of unbranched alkanes of at least 4 members (excludes halogenated alkanes) is 1. The van der Waals surface area contributed by atoms with Gasteiger partial charge in [0.05, 0.1) is 5.92 Å². The van der Waals surface area contributed by atoms with E-state index in [0.717, 1.165) is 31.0 Å². The van der Waals surface area contributed by atoms with Crippen LogP contribution in [-0.2, 0) is 9.59 Å². The molecule has 0 aromatic heterocycles. The van der Waals surface area contributed by atoms with Gasteiger partial charge in [0.25, 0.3) is 0 Å². The number of benzene rings is 1. The van der Waals surface area contributed by atoms with E-state index in [1.807, 2.05) is 6.92 Å². The summed E-state index contributed by atoms with van der Waals surface area (Å²) in [6, 6.07) is 2.83. The normalized spacial score (nSPS) is 18.1. The van der Waals surface area contributed by atoms with Crippen LogP contribution in [0.15, 0.2) is 18.2 Å². The summed E-state index contributed by atoms with van der Waals surface area (Å²) < 4.78 is 26.1. The van der Waals surface area contributed by atoms with Gasteiger partial charge in [0, 0.05) is 31.3 Å². The molecule has 2 amide bonds. The van der Waals surface area contributed by atoms with E-state index in [1.165, 1.54) is 0 Å². The second kappa shape index (κ2) is 6.65. The molecule has 0 radical (unpaired) electrons. The summed E-state index contributed by atoms with van der Waals surface area (Å²) in [6.45, 7) is 3.04. The quantitative estimate of drug-likeness (QED) is 0.908. The van der Waals surface area contributed by atoms with E-state index in [4.69, 9.17) is 0 Å². The molecule has 1 fully saturated rings. The number of rotatable bonds is 5. The molecule has 1 heterocycles. The van der Waals surface area contributed by atoms with Crippen LogP contribution in [-0.4, -0.2) is 29.8 Å². The summed E-state index contributed by atoms with van der Waals surface area (Å²) in [5.74, 6) is -2.41. The van der Waals surface area contributed by atoms with Crippen LogP contribution >= 0.6 is 0 Å². The Bertz CT molecular complexity index is 528. The summed E-state index contributed by atoms with van der Waals surface area (Å²) in [5.41, 5.74) is 0.0666. The lowest BCUT2D eigenvalue weighted by molar-refractivity contribution is -0.128. The Morgan fingerprint density at radius 3 is 2.62 bits per heavy atom. The maximum atomic E-state index is 13.1. The highest BCUT2D eigenvalue weighted by Crippen LogP contribution is 2.21. The van der Waals surface area contributed by atoms with Gasteiger partial charge in [-0.2, -0.15) is 0 Å². The molecule has 21 heavy (non-hydrogen) atoms. The van der Waals surface area contributed by atoms with Crippen LogP contribution in [0.5, 0.6) is 0 Å². The second-order valence-electron chi connectivity index (χ2n) is 5.24. The molecule has 114 valence electrons. The highest BCUT2D eigenvalue weighted by Gasteiger charge is 2.33. The molecule has 0 saturated carbocycles. The number of likely N-dealkylation sites (tertiary alicyclic amines) is 1. The first kappa shape index (κ1) is 15.4. The van der Waals surface area contributed by atoms with E-state index in [-0.39, 0.29) is 23.9 Å². The van der Waals surface area contributed by atoms with E-state index in [9.17, 15) is 18.4 Å². The molecular formula is C15H18F2N2O2.